The van der Waals surface area contributed by atoms with E-state index in [1.807, 2.05) is 24.3 Å². The molecule has 4 nitrogen and oxygen atoms in total. The second kappa shape index (κ2) is 5.73. The molecule has 1 amide bonds. The number of benzene rings is 1. The maximum atomic E-state index is 12.5. The summed E-state index contributed by atoms with van der Waals surface area (Å²) in [4.78, 5) is 16.6. The normalized spacial score (nSPS) is 17.4. The number of anilines is 1. The Morgan fingerprint density at radius 2 is 2.15 bits per heavy atom. The van der Waals surface area contributed by atoms with Gasteiger partial charge in [-0.05, 0) is 45.6 Å². The summed E-state index contributed by atoms with van der Waals surface area (Å²) in [5.74, 6) is -0.0640. The largest absolute Gasteiger partial charge is 0.322 e. The Hall–Kier alpha value is -1.72. The van der Waals surface area contributed by atoms with Crippen LogP contribution in [-0.4, -0.2) is 17.4 Å². The van der Waals surface area contributed by atoms with Gasteiger partial charge in [0.1, 0.15) is 10.6 Å². The molecule has 3 rings (SSSR count). The van der Waals surface area contributed by atoms with E-state index < -0.39 is 0 Å². The zero-order chi connectivity index (χ0) is 13.9. The number of halogens is 1. The number of hydrogen-bond donors (Lipinski definition) is 2. The van der Waals surface area contributed by atoms with Crippen LogP contribution in [0.2, 0.25) is 0 Å². The van der Waals surface area contributed by atoms with Crippen molar-refractivity contribution in [1.82, 2.24) is 10.3 Å². The van der Waals surface area contributed by atoms with Crippen molar-refractivity contribution in [2.45, 2.75) is 12.5 Å². The molecule has 1 atom stereocenters. The van der Waals surface area contributed by atoms with Gasteiger partial charge in [0.05, 0.1) is 5.69 Å². The molecule has 5 heteroatoms. The molecule has 0 saturated carbocycles. The van der Waals surface area contributed by atoms with Crippen molar-refractivity contribution in [2.24, 2.45) is 0 Å². The molecule has 0 fully saturated rings. The fourth-order valence-corrected chi connectivity index (χ4v) is 2.77. The van der Waals surface area contributed by atoms with Gasteiger partial charge in [0.2, 0.25) is 5.91 Å². The average Bonchev–Trinajstić information content (AvgIpc) is 2.49. The van der Waals surface area contributed by atoms with Gasteiger partial charge in [-0.2, -0.15) is 0 Å². The predicted molar refractivity (Wildman–Crippen MR) is 81.5 cm³/mol. The van der Waals surface area contributed by atoms with E-state index >= 15 is 0 Å². The molecule has 1 aromatic heterocycles. The number of aromatic nitrogens is 1. The van der Waals surface area contributed by atoms with E-state index in [1.54, 1.807) is 12.3 Å². The fourth-order valence-electron chi connectivity index (χ4n) is 2.42. The van der Waals surface area contributed by atoms with Crippen LogP contribution in [0.15, 0.2) is 47.2 Å². The molecule has 1 unspecified atom stereocenters. The lowest BCUT2D eigenvalue weighted by Crippen LogP contribution is -2.38. The van der Waals surface area contributed by atoms with Crippen LogP contribution in [0.5, 0.6) is 0 Å². The summed E-state index contributed by atoms with van der Waals surface area (Å²) in [6.07, 6.45) is 2.63. The number of carbonyl (C=O) groups is 1. The highest BCUT2D eigenvalue weighted by Crippen LogP contribution is 2.25. The Morgan fingerprint density at radius 3 is 3.00 bits per heavy atom. The summed E-state index contributed by atoms with van der Waals surface area (Å²) in [5.41, 5.74) is 2.97. The number of nitrogens with one attached hydrogen (secondary N) is 2. The first-order chi connectivity index (χ1) is 9.75. The maximum Gasteiger partial charge on any atom is 0.246 e. The Morgan fingerprint density at radius 1 is 1.30 bits per heavy atom. The van der Waals surface area contributed by atoms with Crippen LogP contribution in [0, 0.1) is 0 Å². The molecule has 1 aromatic carbocycles. The minimum absolute atomic E-state index is 0.0640. The summed E-state index contributed by atoms with van der Waals surface area (Å²) in [7, 11) is 0. The zero-order valence-electron chi connectivity index (χ0n) is 10.8. The van der Waals surface area contributed by atoms with Crippen LogP contribution < -0.4 is 10.6 Å². The molecular formula is C15H14BrN3O. The highest BCUT2D eigenvalue weighted by atomic mass is 79.9. The summed E-state index contributed by atoms with van der Waals surface area (Å²) < 4.78 is 0.637. The quantitative estimate of drug-likeness (QED) is 0.832. The molecule has 0 bridgehead atoms. The van der Waals surface area contributed by atoms with Gasteiger partial charge < -0.3 is 10.6 Å². The van der Waals surface area contributed by atoms with Crippen molar-refractivity contribution in [1.29, 1.82) is 0 Å². The summed E-state index contributed by atoms with van der Waals surface area (Å²) in [6.45, 7) is 0.809. The summed E-state index contributed by atoms with van der Waals surface area (Å²) in [5, 5.41) is 6.18. The Kier molecular flexibility index (Phi) is 3.80. The third kappa shape index (κ3) is 2.59. The van der Waals surface area contributed by atoms with Crippen LogP contribution in [0.3, 0.4) is 0 Å². The van der Waals surface area contributed by atoms with Gasteiger partial charge in [-0.15, -0.1) is 0 Å². The first-order valence-corrected chi connectivity index (χ1v) is 7.27. The van der Waals surface area contributed by atoms with E-state index in [4.69, 9.17) is 0 Å². The molecule has 102 valence electrons. The molecule has 0 spiro atoms. The molecule has 0 aliphatic carbocycles. The van der Waals surface area contributed by atoms with E-state index in [0.29, 0.717) is 10.3 Å². The number of rotatable bonds is 2. The van der Waals surface area contributed by atoms with Gasteiger partial charge in [-0.1, -0.05) is 24.3 Å². The number of carbonyl (C=O) groups excluding carboxylic acids is 1. The molecule has 2 aromatic rings. The van der Waals surface area contributed by atoms with Gasteiger partial charge in [-0.3, -0.25) is 4.79 Å². The molecule has 0 saturated heterocycles. The lowest BCUT2D eigenvalue weighted by Gasteiger charge is -2.26. The standard InChI is InChI=1S/C15H14BrN3O/c16-14-12(6-3-8-18-14)19-15(20)13-11-5-2-1-4-10(11)7-9-17-13/h1-6,8,13,17H,7,9H2,(H,19,20). The van der Waals surface area contributed by atoms with Gasteiger partial charge >= 0.3 is 0 Å². The van der Waals surface area contributed by atoms with E-state index in [-0.39, 0.29) is 11.9 Å². The third-order valence-electron chi connectivity index (χ3n) is 3.39. The smallest absolute Gasteiger partial charge is 0.246 e. The predicted octanol–water partition coefficient (Wildman–Crippen LogP) is 2.67. The Balaban J connectivity index is 1.84. The Bertz CT molecular complexity index is 645. The van der Waals surface area contributed by atoms with Crippen molar-refractivity contribution in [3.8, 4) is 0 Å². The SMILES string of the molecule is O=C(Nc1cccnc1Br)C1NCCc2ccccc21. The van der Waals surface area contributed by atoms with Crippen LogP contribution >= 0.6 is 15.9 Å². The molecule has 1 aliphatic rings. The molecule has 2 heterocycles. The first-order valence-electron chi connectivity index (χ1n) is 6.48. The second-order valence-electron chi connectivity index (χ2n) is 4.67. The van der Waals surface area contributed by atoms with Crippen molar-refractivity contribution in [3.63, 3.8) is 0 Å². The van der Waals surface area contributed by atoms with Crippen LogP contribution in [0.1, 0.15) is 17.2 Å². The molecular weight excluding hydrogens is 318 g/mol. The van der Waals surface area contributed by atoms with E-state index in [2.05, 4.69) is 37.6 Å². The summed E-state index contributed by atoms with van der Waals surface area (Å²) >= 11 is 3.33. The van der Waals surface area contributed by atoms with Gasteiger partial charge in [0.25, 0.3) is 0 Å². The van der Waals surface area contributed by atoms with Crippen molar-refractivity contribution < 1.29 is 4.79 Å². The van der Waals surface area contributed by atoms with Gasteiger partial charge in [0.15, 0.2) is 0 Å². The number of fused-ring (bicyclic) bond motifs is 1. The number of hydrogen-bond acceptors (Lipinski definition) is 3. The van der Waals surface area contributed by atoms with Gasteiger partial charge in [-0.25, -0.2) is 4.98 Å². The average molecular weight is 332 g/mol. The lowest BCUT2D eigenvalue weighted by atomic mass is 9.94. The Labute approximate surface area is 125 Å². The number of pyridine rings is 1. The lowest BCUT2D eigenvalue weighted by molar-refractivity contribution is -0.118. The van der Waals surface area contributed by atoms with E-state index in [0.717, 1.165) is 18.5 Å². The molecule has 1 aliphatic heterocycles. The zero-order valence-corrected chi connectivity index (χ0v) is 12.4. The minimum atomic E-state index is -0.313. The summed E-state index contributed by atoms with van der Waals surface area (Å²) in [6, 6.07) is 11.4. The third-order valence-corrected chi connectivity index (χ3v) is 4.02. The van der Waals surface area contributed by atoms with Gasteiger partial charge in [0, 0.05) is 12.7 Å². The first kappa shape index (κ1) is 13.3. The highest BCUT2D eigenvalue weighted by Gasteiger charge is 2.26. The maximum absolute atomic E-state index is 12.5. The van der Waals surface area contributed by atoms with Crippen molar-refractivity contribution in [2.75, 3.05) is 11.9 Å². The van der Waals surface area contributed by atoms with Crippen molar-refractivity contribution in [3.05, 3.63) is 58.3 Å². The number of nitrogens with zero attached hydrogens (tertiary/aromatic N) is 1. The topological polar surface area (TPSA) is 54.0 Å². The van der Waals surface area contributed by atoms with E-state index in [1.165, 1.54) is 5.56 Å². The van der Waals surface area contributed by atoms with Crippen LogP contribution in [0.4, 0.5) is 5.69 Å². The number of amides is 1. The molecule has 2 N–H and O–H groups in total. The van der Waals surface area contributed by atoms with E-state index in [9.17, 15) is 4.79 Å². The minimum Gasteiger partial charge on any atom is -0.322 e. The van der Waals surface area contributed by atoms with Crippen LogP contribution in [0.25, 0.3) is 0 Å². The molecule has 0 radical (unpaired) electrons. The van der Waals surface area contributed by atoms with Crippen LogP contribution in [-0.2, 0) is 11.2 Å². The molecule has 20 heavy (non-hydrogen) atoms. The fraction of sp³-hybridized carbons (Fsp3) is 0.200. The van der Waals surface area contributed by atoms with Crippen molar-refractivity contribution >= 4 is 27.5 Å². The highest BCUT2D eigenvalue weighted by molar-refractivity contribution is 9.10. The monoisotopic (exact) mass is 331 g/mol. The second-order valence-corrected chi connectivity index (χ2v) is 5.42.